The van der Waals surface area contributed by atoms with Crippen LogP contribution in [0.5, 0.6) is 0 Å². The van der Waals surface area contributed by atoms with Crippen LogP contribution >= 0.6 is 0 Å². The molecule has 4 rings (SSSR count). The normalized spacial score (nSPS) is 15.8. The summed E-state index contributed by atoms with van der Waals surface area (Å²) in [5, 5.41) is 3.42. The monoisotopic (exact) mass is 371 g/mol. The van der Waals surface area contributed by atoms with Crippen LogP contribution in [0.15, 0.2) is 60.5 Å². The number of likely N-dealkylation sites (N-methyl/N-ethyl adjacent to an activating group) is 1. The third-order valence-corrected chi connectivity index (χ3v) is 5.90. The van der Waals surface area contributed by atoms with Crippen LogP contribution in [0.3, 0.4) is 0 Å². The van der Waals surface area contributed by atoms with Gasteiger partial charge in [0, 0.05) is 32.0 Å². The fourth-order valence-corrected chi connectivity index (χ4v) is 4.09. The third kappa shape index (κ3) is 3.89. The van der Waals surface area contributed by atoms with Gasteiger partial charge in [-0.25, -0.2) is 4.98 Å². The number of aryl methyl sites for hydroxylation is 1. The molecule has 0 saturated carbocycles. The van der Waals surface area contributed by atoms with Crippen LogP contribution in [0.4, 0.5) is 5.82 Å². The summed E-state index contributed by atoms with van der Waals surface area (Å²) in [6.07, 6.45) is 10.8. The molecule has 0 bridgehead atoms. The van der Waals surface area contributed by atoms with E-state index in [9.17, 15) is 0 Å². The van der Waals surface area contributed by atoms with E-state index < -0.39 is 0 Å². The second-order valence-electron chi connectivity index (χ2n) is 7.90. The molecule has 2 aromatic rings. The number of nitrogens with zero attached hydrogens (tertiary/aromatic N) is 2. The summed E-state index contributed by atoms with van der Waals surface area (Å²) in [5.74, 6) is 1.05. The molecule has 0 saturated heterocycles. The van der Waals surface area contributed by atoms with Gasteiger partial charge < -0.3 is 10.2 Å². The second-order valence-corrected chi connectivity index (χ2v) is 7.90. The summed E-state index contributed by atoms with van der Waals surface area (Å²) in [6.45, 7) is 8.45. The van der Waals surface area contributed by atoms with Crippen molar-refractivity contribution in [2.45, 2.75) is 32.6 Å². The molecule has 144 valence electrons. The standard InChI is InChI=1S/C25H29N3/c1-18(11-12-20-14-22-9-6-7-13-26-25(22)27-16-20)28(3)17-23-15-21-8-4-5-10-24(21)19(23)2/h4-5,8,10-12,14,16H,1,6-7,9,13,15,17H2,2-3H3,(H,26,27)/b12-11+. The molecule has 2 heterocycles. The smallest absolute Gasteiger partial charge is 0.129 e. The number of rotatable bonds is 5. The topological polar surface area (TPSA) is 28.2 Å². The van der Waals surface area contributed by atoms with Crippen molar-refractivity contribution in [2.24, 2.45) is 0 Å². The van der Waals surface area contributed by atoms with E-state index in [1.807, 2.05) is 6.20 Å². The van der Waals surface area contributed by atoms with Gasteiger partial charge in [-0.1, -0.05) is 36.9 Å². The zero-order chi connectivity index (χ0) is 19.5. The quantitative estimate of drug-likeness (QED) is 0.721. The van der Waals surface area contributed by atoms with Gasteiger partial charge in [0.25, 0.3) is 0 Å². The fraction of sp³-hybridized carbons (Fsp3) is 0.320. The number of hydrogen-bond donors (Lipinski definition) is 1. The molecule has 0 fully saturated rings. The summed E-state index contributed by atoms with van der Waals surface area (Å²) < 4.78 is 0. The highest BCUT2D eigenvalue weighted by Crippen LogP contribution is 2.32. The van der Waals surface area contributed by atoms with Crippen LogP contribution in [0, 0.1) is 0 Å². The van der Waals surface area contributed by atoms with Crippen molar-refractivity contribution in [3.05, 3.63) is 82.7 Å². The van der Waals surface area contributed by atoms with Gasteiger partial charge in [0.05, 0.1) is 0 Å². The first-order valence-corrected chi connectivity index (χ1v) is 10.2. The number of allylic oxidation sites excluding steroid dienone is 2. The lowest BCUT2D eigenvalue weighted by Crippen LogP contribution is -2.19. The second kappa shape index (κ2) is 8.05. The maximum Gasteiger partial charge on any atom is 0.129 e. The molecule has 0 spiro atoms. The van der Waals surface area contributed by atoms with Crippen molar-refractivity contribution in [3.63, 3.8) is 0 Å². The molecule has 1 aromatic heterocycles. The van der Waals surface area contributed by atoms with Gasteiger partial charge in [0.2, 0.25) is 0 Å². The Bertz CT molecular complexity index is 952. The highest BCUT2D eigenvalue weighted by Gasteiger charge is 2.18. The van der Waals surface area contributed by atoms with Gasteiger partial charge in [-0.2, -0.15) is 0 Å². The van der Waals surface area contributed by atoms with E-state index in [2.05, 4.69) is 78.2 Å². The van der Waals surface area contributed by atoms with E-state index in [0.717, 1.165) is 43.0 Å². The van der Waals surface area contributed by atoms with Crippen LogP contribution in [-0.2, 0) is 12.8 Å². The first-order chi connectivity index (χ1) is 13.6. The summed E-state index contributed by atoms with van der Waals surface area (Å²) in [6, 6.07) is 11.0. The molecular formula is C25H29N3. The minimum absolute atomic E-state index is 0.913. The number of hydrogen-bond acceptors (Lipinski definition) is 3. The Morgan fingerprint density at radius 1 is 1.25 bits per heavy atom. The van der Waals surface area contributed by atoms with E-state index in [4.69, 9.17) is 0 Å². The molecule has 0 radical (unpaired) electrons. The fourth-order valence-electron chi connectivity index (χ4n) is 4.09. The number of anilines is 1. The highest BCUT2D eigenvalue weighted by atomic mass is 15.1. The molecule has 28 heavy (non-hydrogen) atoms. The van der Waals surface area contributed by atoms with Gasteiger partial charge in [-0.05, 0) is 78.1 Å². The predicted molar refractivity (Wildman–Crippen MR) is 119 cm³/mol. The van der Waals surface area contributed by atoms with E-state index in [-0.39, 0.29) is 0 Å². The molecule has 1 N–H and O–H groups in total. The molecule has 3 heteroatoms. The lowest BCUT2D eigenvalue weighted by molar-refractivity contribution is 0.468. The number of fused-ring (bicyclic) bond motifs is 2. The van der Waals surface area contributed by atoms with Crippen molar-refractivity contribution in [1.29, 1.82) is 0 Å². The largest absolute Gasteiger partial charge is 0.371 e. The minimum atomic E-state index is 0.913. The van der Waals surface area contributed by atoms with Gasteiger partial charge in [-0.3, -0.25) is 0 Å². The first kappa shape index (κ1) is 18.5. The van der Waals surface area contributed by atoms with E-state index in [1.54, 1.807) is 0 Å². The molecule has 0 unspecified atom stereocenters. The van der Waals surface area contributed by atoms with E-state index in [0.29, 0.717) is 0 Å². The number of pyridine rings is 1. The van der Waals surface area contributed by atoms with Gasteiger partial charge >= 0.3 is 0 Å². The number of aromatic nitrogens is 1. The Hall–Kier alpha value is -2.81. The van der Waals surface area contributed by atoms with Gasteiger partial charge in [-0.15, -0.1) is 0 Å². The lowest BCUT2D eigenvalue weighted by Gasteiger charge is -2.21. The molecular weight excluding hydrogens is 342 g/mol. The van der Waals surface area contributed by atoms with Crippen molar-refractivity contribution in [3.8, 4) is 0 Å². The lowest BCUT2D eigenvalue weighted by atomic mass is 10.1. The Kier molecular flexibility index (Phi) is 5.34. The minimum Gasteiger partial charge on any atom is -0.371 e. The molecule has 0 atom stereocenters. The van der Waals surface area contributed by atoms with Crippen LogP contribution in [0.1, 0.15) is 42.0 Å². The van der Waals surface area contributed by atoms with Crippen molar-refractivity contribution >= 4 is 17.5 Å². The van der Waals surface area contributed by atoms with E-state index in [1.165, 1.54) is 40.7 Å². The van der Waals surface area contributed by atoms with Crippen molar-refractivity contribution in [2.75, 3.05) is 25.5 Å². The predicted octanol–water partition coefficient (Wildman–Crippen LogP) is 5.32. The van der Waals surface area contributed by atoms with Crippen LogP contribution < -0.4 is 5.32 Å². The molecule has 3 nitrogen and oxygen atoms in total. The van der Waals surface area contributed by atoms with Gasteiger partial charge in [0.1, 0.15) is 5.82 Å². The average molecular weight is 372 g/mol. The van der Waals surface area contributed by atoms with E-state index >= 15 is 0 Å². The average Bonchev–Trinajstić information content (AvgIpc) is 2.88. The third-order valence-electron chi connectivity index (χ3n) is 5.90. The van der Waals surface area contributed by atoms with Gasteiger partial charge in [0.15, 0.2) is 0 Å². The van der Waals surface area contributed by atoms with Crippen LogP contribution in [-0.4, -0.2) is 30.0 Å². The molecule has 1 aliphatic carbocycles. The van der Waals surface area contributed by atoms with Crippen LogP contribution in [0.25, 0.3) is 11.6 Å². The van der Waals surface area contributed by atoms with Crippen molar-refractivity contribution < 1.29 is 0 Å². The maximum absolute atomic E-state index is 4.61. The number of nitrogens with one attached hydrogen (secondary N) is 1. The Balaban J connectivity index is 1.41. The summed E-state index contributed by atoms with van der Waals surface area (Å²) in [7, 11) is 2.12. The molecule has 0 amide bonds. The number of benzene rings is 1. The molecule has 1 aromatic carbocycles. The SMILES string of the molecule is C=C(/C=C/c1cnc2c(c1)CCCCN2)N(C)CC1=C(C)c2ccccc2C1. The summed E-state index contributed by atoms with van der Waals surface area (Å²) in [5.41, 5.74) is 9.22. The Morgan fingerprint density at radius 2 is 2.11 bits per heavy atom. The first-order valence-electron chi connectivity index (χ1n) is 10.2. The summed E-state index contributed by atoms with van der Waals surface area (Å²) in [4.78, 5) is 6.84. The zero-order valence-corrected chi connectivity index (χ0v) is 17.0. The Labute approximate surface area is 168 Å². The zero-order valence-electron chi connectivity index (χ0n) is 17.0. The highest BCUT2D eigenvalue weighted by molar-refractivity contribution is 5.75. The van der Waals surface area contributed by atoms with Crippen LogP contribution in [0.2, 0.25) is 0 Å². The molecule has 2 aliphatic rings. The maximum atomic E-state index is 4.61. The Morgan fingerprint density at radius 3 is 2.96 bits per heavy atom. The van der Waals surface area contributed by atoms with Crippen molar-refractivity contribution in [1.82, 2.24) is 9.88 Å². The summed E-state index contributed by atoms with van der Waals surface area (Å²) >= 11 is 0. The molecule has 1 aliphatic heterocycles.